The summed E-state index contributed by atoms with van der Waals surface area (Å²) in [5, 5.41) is 14.9. The van der Waals surface area contributed by atoms with Crippen LogP contribution in [0.25, 0.3) is 10.9 Å². The van der Waals surface area contributed by atoms with E-state index in [0.29, 0.717) is 21.5 Å². The highest BCUT2D eigenvalue weighted by Gasteiger charge is 2.26. The molecule has 0 radical (unpaired) electrons. The number of nitrogens with one attached hydrogen (secondary N) is 1. The van der Waals surface area contributed by atoms with Crippen molar-refractivity contribution in [1.82, 2.24) is 10.4 Å². The molecule has 0 bridgehead atoms. The lowest BCUT2D eigenvalue weighted by Crippen LogP contribution is -2.18. The molecule has 1 aliphatic carbocycles. The van der Waals surface area contributed by atoms with Crippen LogP contribution < -0.4 is 5.43 Å². The molecule has 1 saturated carbocycles. The highest BCUT2D eigenvalue weighted by atomic mass is 79.9. The number of aromatic nitrogens is 1. The van der Waals surface area contributed by atoms with Crippen molar-refractivity contribution in [3.8, 4) is 5.75 Å². The van der Waals surface area contributed by atoms with Crippen molar-refractivity contribution in [2.24, 2.45) is 5.10 Å². The summed E-state index contributed by atoms with van der Waals surface area (Å²) in [6.07, 6.45) is 3.64. The summed E-state index contributed by atoms with van der Waals surface area (Å²) in [7, 11) is 0. The number of halogens is 2. The fourth-order valence-electron chi connectivity index (χ4n) is 2.88. The fourth-order valence-corrected chi connectivity index (χ4v) is 4.14. The van der Waals surface area contributed by atoms with E-state index in [1.807, 2.05) is 30.3 Å². The molecule has 136 valence electrons. The Morgan fingerprint density at radius 1 is 1.22 bits per heavy atom. The van der Waals surface area contributed by atoms with Gasteiger partial charge in [-0.2, -0.15) is 5.10 Å². The second-order valence-corrected chi connectivity index (χ2v) is 8.18. The van der Waals surface area contributed by atoms with Gasteiger partial charge in [0, 0.05) is 27.0 Å². The number of hydrogen-bond acceptors (Lipinski definition) is 4. The lowest BCUT2D eigenvalue weighted by molar-refractivity contribution is 0.0956. The van der Waals surface area contributed by atoms with Gasteiger partial charge in [-0.05, 0) is 53.0 Å². The molecule has 1 fully saturated rings. The third kappa shape index (κ3) is 3.89. The fraction of sp³-hybridized carbons (Fsp3) is 0.150. The molecule has 2 aromatic carbocycles. The summed E-state index contributed by atoms with van der Waals surface area (Å²) in [5.74, 6) is 0.197. The predicted octanol–water partition coefficient (Wildman–Crippen LogP) is 5.11. The average molecular weight is 489 g/mol. The van der Waals surface area contributed by atoms with Crippen LogP contribution in [0.4, 0.5) is 0 Å². The third-order valence-corrected chi connectivity index (χ3v) is 5.47. The number of aromatic hydroxyl groups is 1. The molecular formula is C20H15Br2N3O2. The maximum absolute atomic E-state index is 12.7. The number of rotatable bonds is 4. The van der Waals surface area contributed by atoms with Crippen molar-refractivity contribution in [2.75, 3.05) is 0 Å². The van der Waals surface area contributed by atoms with Crippen molar-refractivity contribution in [1.29, 1.82) is 0 Å². The van der Waals surface area contributed by atoms with Crippen molar-refractivity contribution in [3.05, 3.63) is 68.2 Å². The molecule has 27 heavy (non-hydrogen) atoms. The van der Waals surface area contributed by atoms with Gasteiger partial charge >= 0.3 is 0 Å². The number of pyridine rings is 1. The van der Waals surface area contributed by atoms with Crippen LogP contribution in [0.15, 0.2) is 56.5 Å². The van der Waals surface area contributed by atoms with Gasteiger partial charge < -0.3 is 5.11 Å². The van der Waals surface area contributed by atoms with Crippen LogP contribution in [0.1, 0.15) is 40.4 Å². The molecule has 2 N–H and O–H groups in total. The van der Waals surface area contributed by atoms with Crippen LogP contribution in [-0.4, -0.2) is 22.2 Å². The first-order valence-corrected chi connectivity index (χ1v) is 10.0. The van der Waals surface area contributed by atoms with Gasteiger partial charge in [0.1, 0.15) is 5.75 Å². The Labute approximate surface area is 172 Å². The second-order valence-electron chi connectivity index (χ2n) is 6.41. The van der Waals surface area contributed by atoms with E-state index in [2.05, 4.69) is 47.4 Å². The van der Waals surface area contributed by atoms with E-state index in [9.17, 15) is 9.90 Å². The third-order valence-electron chi connectivity index (χ3n) is 4.40. The largest absolute Gasteiger partial charge is 0.506 e. The quantitative estimate of drug-likeness (QED) is 0.396. The minimum atomic E-state index is -0.305. The predicted molar refractivity (Wildman–Crippen MR) is 112 cm³/mol. The molecule has 3 aromatic rings. The maximum atomic E-state index is 12.7. The molecule has 0 unspecified atom stereocenters. The van der Waals surface area contributed by atoms with E-state index in [4.69, 9.17) is 0 Å². The monoisotopic (exact) mass is 487 g/mol. The van der Waals surface area contributed by atoms with E-state index in [0.717, 1.165) is 33.9 Å². The number of hydrogen-bond donors (Lipinski definition) is 2. The van der Waals surface area contributed by atoms with Gasteiger partial charge in [0.05, 0.1) is 21.8 Å². The topological polar surface area (TPSA) is 74.6 Å². The van der Waals surface area contributed by atoms with E-state index >= 15 is 0 Å². The molecule has 0 atom stereocenters. The molecule has 1 heterocycles. The summed E-state index contributed by atoms with van der Waals surface area (Å²) in [4.78, 5) is 17.4. The Morgan fingerprint density at radius 3 is 2.78 bits per heavy atom. The Hall–Kier alpha value is -2.25. The number of carbonyl (C=O) groups is 1. The van der Waals surface area contributed by atoms with Gasteiger partial charge in [-0.3, -0.25) is 9.78 Å². The van der Waals surface area contributed by atoms with Gasteiger partial charge in [0.2, 0.25) is 0 Å². The molecule has 0 aliphatic heterocycles. The highest BCUT2D eigenvalue weighted by molar-refractivity contribution is 9.11. The summed E-state index contributed by atoms with van der Waals surface area (Å²) < 4.78 is 1.33. The van der Waals surface area contributed by atoms with E-state index in [1.54, 1.807) is 12.1 Å². The zero-order valence-electron chi connectivity index (χ0n) is 14.1. The SMILES string of the molecule is O=C(N/N=C/c1cc(Br)cc(Br)c1O)c1cc(C2CC2)nc2ccccc12. The minimum absolute atomic E-state index is 0.0570. The number of phenols is 1. The van der Waals surface area contributed by atoms with E-state index in [-0.39, 0.29) is 11.7 Å². The first kappa shape index (κ1) is 18.1. The molecule has 0 spiro atoms. The molecule has 5 nitrogen and oxygen atoms in total. The maximum Gasteiger partial charge on any atom is 0.272 e. The number of hydrazone groups is 1. The number of benzene rings is 2. The zero-order chi connectivity index (χ0) is 19.0. The number of fused-ring (bicyclic) bond motifs is 1. The Balaban J connectivity index is 1.62. The zero-order valence-corrected chi connectivity index (χ0v) is 17.3. The van der Waals surface area contributed by atoms with Gasteiger partial charge in [-0.1, -0.05) is 34.1 Å². The van der Waals surface area contributed by atoms with Crippen LogP contribution in [0.3, 0.4) is 0 Å². The molecule has 7 heteroatoms. The second kappa shape index (κ2) is 7.40. The van der Waals surface area contributed by atoms with Gasteiger partial charge in [-0.25, -0.2) is 5.43 Å². The normalized spacial score (nSPS) is 14.0. The van der Waals surface area contributed by atoms with Gasteiger partial charge in [-0.15, -0.1) is 0 Å². The summed E-state index contributed by atoms with van der Waals surface area (Å²) in [6.45, 7) is 0. The summed E-state index contributed by atoms with van der Waals surface area (Å²) in [5.41, 5.74) is 5.35. The lowest BCUT2D eigenvalue weighted by Gasteiger charge is -2.08. The number of nitrogens with zero attached hydrogens (tertiary/aromatic N) is 2. The number of amides is 1. The van der Waals surface area contributed by atoms with Gasteiger partial charge in [0.15, 0.2) is 0 Å². The van der Waals surface area contributed by atoms with Crippen molar-refractivity contribution >= 4 is 54.9 Å². The lowest BCUT2D eigenvalue weighted by atomic mass is 10.1. The Morgan fingerprint density at radius 2 is 2.00 bits per heavy atom. The molecule has 0 saturated heterocycles. The van der Waals surface area contributed by atoms with Gasteiger partial charge in [0.25, 0.3) is 5.91 Å². The van der Waals surface area contributed by atoms with Crippen LogP contribution in [0, 0.1) is 0 Å². The highest BCUT2D eigenvalue weighted by Crippen LogP contribution is 2.40. The van der Waals surface area contributed by atoms with E-state index < -0.39 is 0 Å². The summed E-state index contributed by atoms with van der Waals surface area (Å²) >= 11 is 6.64. The van der Waals surface area contributed by atoms with Crippen molar-refractivity contribution in [2.45, 2.75) is 18.8 Å². The first-order valence-electron chi connectivity index (χ1n) is 8.44. The molecule has 1 aliphatic rings. The standard InChI is InChI=1S/C20H15Br2N3O2/c21-13-7-12(19(26)16(22)8-13)10-23-25-20(27)15-9-18(11-5-6-11)24-17-4-2-1-3-14(15)17/h1-4,7-11,26H,5-6H2,(H,25,27)/b23-10+. The molecular weight excluding hydrogens is 474 g/mol. The van der Waals surface area contributed by atoms with Crippen molar-refractivity contribution in [3.63, 3.8) is 0 Å². The summed E-state index contributed by atoms with van der Waals surface area (Å²) in [6, 6.07) is 12.9. The molecule has 4 rings (SSSR count). The molecule has 1 aromatic heterocycles. The van der Waals surface area contributed by atoms with Crippen LogP contribution in [0.2, 0.25) is 0 Å². The average Bonchev–Trinajstić information content (AvgIpc) is 3.49. The smallest absolute Gasteiger partial charge is 0.272 e. The Kier molecular flexibility index (Phi) is 4.97. The molecule has 1 amide bonds. The van der Waals surface area contributed by atoms with Crippen LogP contribution in [0.5, 0.6) is 5.75 Å². The van der Waals surface area contributed by atoms with Crippen molar-refractivity contribution < 1.29 is 9.90 Å². The number of carbonyl (C=O) groups excluding carboxylic acids is 1. The van der Waals surface area contributed by atoms with Crippen LogP contribution in [-0.2, 0) is 0 Å². The van der Waals surface area contributed by atoms with E-state index in [1.165, 1.54) is 6.21 Å². The minimum Gasteiger partial charge on any atom is -0.506 e. The number of para-hydroxylation sites is 1. The first-order chi connectivity index (χ1) is 13.0. The number of phenolic OH excluding ortho intramolecular Hbond substituents is 1. The Bertz CT molecular complexity index is 1080. The van der Waals surface area contributed by atoms with Crippen LogP contribution >= 0.6 is 31.9 Å².